The number of hydrogen-bond donors (Lipinski definition) is 0. The Balaban J connectivity index is 3.17. The minimum atomic E-state index is 0.0157. The van der Waals surface area contributed by atoms with Crippen molar-refractivity contribution < 1.29 is 4.74 Å². The average molecular weight is 237 g/mol. The molecule has 2 heteroatoms. The average Bonchev–Trinajstić information content (AvgIpc) is 2.18. The van der Waals surface area contributed by atoms with E-state index < -0.39 is 0 Å². The molecular weight excluding hydrogens is 210 g/mol. The summed E-state index contributed by atoms with van der Waals surface area (Å²) in [6.45, 7) is 12.3. The second-order valence-electron chi connectivity index (χ2n) is 6.65. The van der Waals surface area contributed by atoms with Crippen LogP contribution >= 0.6 is 0 Å². The molecule has 0 amide bonds. The van der Waals surface area contributed by atoms with Crippen molar-refractivity contribution in [1.29, 1.82) is 0 Å². The highest BCUT2D eigenvalue weighted by Gasteiger charge is 2.43. The summed E-state index contributed by atoms with van der Waals surface area (Å²) in [5.41, 5.74) is 0.158. The van der Waals surface area contributed by atoms with E-state index in [2.05, 4.69) is 58.4 Å². The third kappa shape index (κ3) is 3.03. The zero-order valence-electron chi connectivity index (χ0n) is 12.4. The fourth-order valence-corrected chi connectivity index (χ4v) is 2.49. The first kappa shape index (κ1) is 14.5. The maximum Gasteiger partial charge on any atom is 0.0891 e. The van der Waals surface area contributed by atoms with E-state index in [4.69, 9.17) is 4.74 Å². The van der Waals surface area contributed by atoms with Gasteiger partial charge in [0, 0.05) is 25.6 Å². The van der Waals surface area contributed by atoms with Crippen molar-refractivity contribution in [2.24, 2.45) is 11.3 Å². The molecule has 0 bridgehead atoms. The topological polar surface area (TPSA) is 12.5 Å². The maximum atomic E-state index is 5.81. The second-order valence-corrected chi connectivity index (χ2v) is 6.65. The Hall–Kier alpha value is -0.520. The molecule has 0 spiro atoms. The first-order valence-electron chi connectivity index (χ1n) is 6.43. The van der Waals surface area contributed by atoms with Gasteiger partial charge in [0.15, 0.2) is 0 Å². The molecule has 1 heterocycles. The first-order valence-corrected chi connectivity index (χ1v) is 6.43. The van der Waals surface area contributed by atoms with E-state index in [1.165, 1.54) is 0 Å². The summed E-state index contributed by atoms with van der Waals surface area (Å²) >= 11 is 0. The van der Waals surface area contributed by atoms with Gasteiger partial charge in [-0.3, -0.25) is 4.90 Å². The van der Waals surface area contributed by atoms with Crippen molar-refractivity contribution in [2.45, 2.75) is 52.7 Å². The predicted octanol–water partition coefficient (Wildman–Crippen LogP) is 2.78. The summed E-state index contributed by atoms with van der Waals surface area (Å²) in [4.78, 5) is 2.37. The predicted molar refractivity (Wildman–Crippen MR) is 72.8 cm³/mol. The van der Waals surface area contributed by atoms with E-state index in [0.717, 1.165) is 13.0 Å². The number of likely N-dealkylation sites (N-methyl/N-ethyl adjacent to an activating group) is 1. The fourth-order valence-electron chi connectivity index (χ4n) is 2.49. The Morgan fingerprint density at radius 1 is 1.29 bits per heavy atom. The van der Waals surface area contributed by atoms with Crippen LogP contribution in [-0.4, -0.2) is 37.2 Å². The van der Waals surface area contributed by atoms with Crippen LogP contribution in [0.5, 0.6) is 0 Å². The molecule has 2 atom stereocenters. The van der Waals surface area contributed by atoms with Gasteiger partial charge in [0.25, 0.3) is 0 Å². The highest BCUT2D eigenvalue weighted by Crippen LogP contribution is 2.37. The highest BCUT2D eigenvalue weighted by atomic mass is 16.5. The molecule has 2 nitrogen and oxygen atoms in total. The number of methoxy groups -OCH3 is 1. The van der Waals surface area contributed by atoms with Crippen LogP contribution in [0.2, 0.25) is 0 Å². The minimum Gasteiger partial charge on any atom is -0.378 e. The lowest BCUT2D eigenvalue weighted by Crippen LogP contribution is -2.56. The smallest absolute Gasteiger partial charge is 0.0891 e. The maximum absolute atomic E-state index is 5.81. The molecule has 2 unspecified atom stereocenters. The Morgan fingerprint density at radius 2 is 1.88 bits per heavy atom. The summed E-state index contributed by atoms with van der Waals surface area (Å²) in [6, 6.07) is 0. The highest BCUT2D eigenvalue weighted by molar-refractivity contribution is 5.15. The minimum absolute atomic E-state index is 0.0157. The van der Waals surface area contributed by atoms with Crippen LogP contribution in [0, 0.1) is 23.2 Å². The van der Waals surface area contributed by atoms with Crippen LogP contribution in [0.3, 0.4) is 0 Å². The molecular formula is C15H27NO. The lowest BCUT2D eigenvalue weighted by Gasteiger charge is -2.47. The van der Waals surface area contributed by atoms with Gasteiger partial charge < -0.3 is 4.74 Å². The van der Waals surface area contributed by atoms with E-state index in [9.17, 15) is 0 Å². The molecule has 0 saturated carbocycles. The molecule has 0 N–H and O–H groups in total. The Kier molecular flexibility index (Phi) is 4.28. The van der Waals surface area contributed by atoms with Crippen molar-refractivity contribution >= 4 is 0 Å². The molecule has 0 saturated heterocycles. The largest absolute Gasteiger partial charge is 0.378 e. The van der Waals surface area contributed by atoms with Crippen LogP contribution < -0.4 is 0 Å². The van der Waals surface area contributed by atoms with Crippen LogP contribution in [0.25, 0.3) is 0 Å². The van der Waals surface area contributed by atoms with Gasteiger partial charge >= 0.3 is 0 Å². The summed E-state index contributed by atoms with van der Waals surface area (Å²) in [5.74, 6) is 7.01. The Labute approximate surface area is 107 Å². The van der Waals surface area contributed by atoms with Crippen molar-refractivity contribution in [2.75, 3.05) is 20.7 Å². The normalized spacial score (nSPS) is 30.1. The van der Waals surface area contributed by atoms with E-state index >= 15 is 0 Å². The monoisotopic (exact) mass is 237 g/mol. The second kappa shape index (κ2) is 5.00. The number of nitrogens with zero attached hydrogens (tertiary/aromatic N) is 1. The first-order chi connectivity index (χ1) is 7.71. The SMILES string of the molecule is COC1C(C(C)(C)C)C#CCCN(C)C1(C)C. The molecule has 98 valence electrons. The molecule has 17 heavy (non-hydrogen) atoms. The van der Waals surface area contributed by atoms with Crippen molar-refractivity contribution in [1.82, 2.24) is 4.90 Å². The molecule has 0 aromatic rings. The van der Waals surface area contributed by atoms with Gasteiger partial charge in [-0.25, -0.2) is 0 Å². The van der Waals surface area contributed by atoms with Crippen LogP contribution in [-0.2, 0) is 4.74 Å². The number of hydrogen-bond acceptors (Lipinski definition) is 2. The third-order valence-electron chi connectivity index (χ3n) is 4.00. The molecule has 1 aliphatic heterocycles. The summed E-state index contributed by atoms with van der Waals surface area (Å²) in [5, 5.41) is 0. The van der Waals surface area contributed by atoms with Crippen molar-refractivity contribution in [3.05, 3.63) is 0 Å². The lowest BCUT2D eigenvalue weighted by molar-refractivity contribution is -0.0683. The molecule has 0 radical (unpaired) electrons. The summed E-state index contributed by atoms with van der Waals surface area (Å²) in [6.07, 6.45) is 1.09. The molecule has 0 aromatic carbocycles. The van der Waals surface area contributed by atoms with E-state index in [1.807, 2.05) is 7.11 Å². The van der Waals surface area contributed by atoms with Crippen LogP contribution in [0.4, 0.5) is 0 Å². The van der Waals surface area contributed by atoms with E-state index in [-0.39, 0.29) is 23.0 Å². The van der Waals surface area contributed by atoms with Crippen LogP contribution in [0.15, 0.2) is 0 Å². The summed E-state index contributed by atoms with van der Waals surface area (Å²) < 4.78 is 5.81. The van der Waals surface area contributed by atoms with E-state index in [0.29, 0.717) is 0 Å². The molecule has 0 fully saturated rings. The van der Waals surface area contributed by atoms with Gasteiger partial charge in [-0.1, -0.05) is 26.7 Å². The Bertz CT molecular complexity index is 316. The quantitative estimate of drug-likeness (QED) is 0.650. The van der Waals surface area contributed by atoms with Gasteiger partial charge in [-0.05, 0) is 26.3 Å². The third-order valence-corrected chi connectivity index (χ3v) is 4.00. The van der Waals surface area contributed by atoms with E-state index in [1.54, 1.807) is 0 Å². The Morgan fingerprint density at radius 3 is 2.35 bits per heavy atom. The standard InChI is InChI=1S/C15H27NO/c1-14(2,3)12-10-8-9-11-16(6)15(4,5)13(12)17-7/h12-13H,9,11H2,1-7H3. The van der Waals surface area contributed by atoms with Gasteiger partial charge in [-0.15, -0.1) is 5.92 Å². The van der Waals surface area contributed by atoms with Crippen LogP contribution in [0.1, 0.15) is 41.0 Å². The van der Waals surface area contributed by atoms with Gasteiger partial charge in [0.1, 0.15) is 0 Å². The number of rotatable bonds is 1. The zero-order valence-corrected chi connectivity index (χ0v) is 12.4. The lowest BCUT2D eigenvalue weighted by atomic mass is 9.71. The summed E-state index contributed by atoms with van der Waals surface area (Å²) in [7, 11) is 3.97. The van der Waals surface area contributed by atoms with Gasteiger partial charge in [-0.2, -0.15) is 0 Å². The fraction of sp³-hybridized carbons (Fsp3) is 0.867. The molecule has 0 aromatic heterocycles. The van der Waals surface area contributed by atoms with Crippen molar-refractivity contribution in [3.63, 3.8) is 0 Å². The molecule has 1 aliphatic rings. The van der Waals surface area contributed by atoms with Crippen molar-refractivity contribution in [3.8, 4) is 11.8 Å². The van der Waals surface area contributed by atoms with Gasteiger partial charge in [0.05, 0.1) is 12.0 Å². The molecule has 0 aliphatic carbocycles. The number of ether oxygens (including phenoxy) is 1. The zero-order chi connectivity index (χ0) is 13.3. The van der Waals surface area contributed by atoms with Gasteiger partial charge in [0.2, 0.25) is 0 Å². The molecule has 1 rings (SSSR count).